The maximum atomic E-state index is 12.6. The smallest absolute Gasteiger partial charge is 0.225 e. The summed E-state index contributed by atoms with van der Waals surface area (Å²) in [5.41, 5.74) is -0.121. The molecule has 1 aliphatic rings. The Balaban J connectivity index is 1.96. The van der Waals surface area contributed by atoms with Gasteiger partial charge < -0.3 is 20.1 Å². The van der Waals surface area contributed by atoms with Crippen LogP contribution in [0.1, 0.15) is 31.2 Å². The third kappa shape index (κ3) is 5.96. The van der Waals surface area contributed by atoms with Crippen LogP contribution in [0.2, 0.25) is 0 Å². The monoisotopic (exact) mass is 386 g/mol. The van der Waals surface area contributed by atoms with E-state index in [1.807, 2.05) is 24.3 Å². The van der Waals surface area contributed by atoms with E-state index in [1.165, 1.54) is 0 Å². The lowest BCUT2D eigenvalue weighted by molar-refractivity contribution is -0.139. The van der Waals surface area contributed by atoms with E-state index in [1.54, 1.807) is 24.2 Å². The average molecular weight is 386 g/mol. The van der Waals surface area contributed by atoms with Crippen LogP contribution < -0.4 is 10.1 Å². The molecule has 0 aromatic heterocycles. The van der Waals surface area contributed by atoms with Crippen LogP contribution >= 0.6 is 0 Å². The van der Waals surface area contributed by atoms with Crippen molar-refractivity contribution in [3.63, 3.8) is 0 Å². The number of methoxy groups -OCH3 is 1. The summed E-state index contributed by atoms with van der Waals surface area (Å²) in [6, 6.07) is 7.56. The number of nitrogens with one attached hydrogen (secondary N) is 1. The fourth-order valence-corrected chi connectivity index (χ4v) is 3.43. The summed E-state index contributed by atoms with van der Waals surface area (Å²) in [7, 11) is 1.60. The van der Waals surface area contributed by atoms with Gasteiger partial charge in [0.05, 0.1) is 18.6 Å². The Labute approximate surface area is 166 Å². The maximum Gasteiger partial charge on any atom is 0.225 e. The second kappa shape index (κ2) is 10.1. The highest BCUT2D eigenvalue weighted by Crippen LogP contribution is 2.22. The van der Waals surface area contributed by atoms with Crippen molar-refractivity contribution in [2.45, 2.75) is 37.8 Å². The summed E-state index contributed by atoms with van der Waals surface area (Å²) >= 11 is 0. The summed E-state index contributed by atoms with van der Waals surface area (Å²) in [5.74, 6) is 0.344. The third-order valence-electron chi connectivity index (χ3n) is 5.02. The minimum absolute atomic E-state index is 0.0432. The number of aliphatic hydroxyl groups is 1. The molecule has 6 heteroatoms. The number of rotatable bonds is 10. The van der Waals surface area contributed by atoms with E-state index in [4.69, 9.17) is 4.74 Å². The van der Waals surface area contributed by atoms with Gasteiger partial charge in [-0.25, -0.2) is 0 Å². The first-order valence-electron chi connectivity index (χ1n) is 9.53. The molecule has 0 saturated carbocycles. The Kier molecular flexibility index (Phi) is 7.81. The summed E-state index contributed by atoms with van der Waals surface area (Å²) < 4.78 is 5.23. The molecule has 1 saturated heterocycles. The Morgan fingerprint density at radius 2 is 2.11 bits per heavy atom. The first-order chi connectivity index (χ1) is 13.4. The standard InChI is InChI=1S/C22H30N2O4/c1-4-11-22(27,12-5-2)16-23-21(26)18-9-10-20(25)24(15-18)14-17-7-6-8-19(13-17)28-3/h4-8,13,18,27H,1-2,9-12,14-16H2,3H3,(H,23,26)/t18-/m1/s1. The fourth-order valence-electron chi connectivity index (χ4n) is 3.43. The summed E-state index contributed by atoms with van der Waals surface area (Å²) in [6.45, 7) is 8.25. The zero-order valence-electron chi connectivity index (χ0n) is 16.5. The van der Waals surface area contributed by atoms with Crippen LogP contribution in [0.15, 0.2) is 49.6 Å². The molecule has 0 radical (unpaired) electrons. The van der Waals surface area contributed by atoms with Crippen LogP contribution in [0, 0.1) is 5.92 Å². The molecule has 1 aromatic carbocycles. The first-order valence-corrected chi connectivity index (χ1v) is 9.53. The lowest BCUT2D eigenvalue weighted by Crippen LogP contribution is -2.49. The third-order valence-corrected chi connectivity index (χ3v) is 5.02. The molecule has 1 fully saturated rings. The molecule has 2 N–H and O–H groups in total. The topological polar surface area (TPSA) is 78.9 Å². The van der Waals surface area contributed by atoms with Gasteiger partial charge in [-0.15, -0.1) is 13.2 Å². The van der Waals surface area contributed by atoms with Crippen molar-refractivity contribution in [2.24, 2.45) is 5.92 Å². The largest absolute Gasteiger partial charge is 0.497 e. The van der Waals surface area contributed by atoms with E-state index >= 15 is 0 Å². The molecule has 1 heterocycles. The summed E-state index contributed by atoms with van der Waals surface area (Å²) in [4.78, 5) is 26.6. The quantitative estimate of drug-likeness (QED) is 0.606. The number of hydrogen-bond donors (Lipinski definition) is 2. The van der Waals surface area contributed by atoms with Crippen LogP contribution in [0.5, 0.6) is 5.75 Å². The molecular formula is C22H30N2O4. The van der Waals surface area contributed by atoms with Gasteiger partial charge in [0.15, 0.2) is 0 Å². The number of piperidine rings is 1. The van der Waals surface area contributed by atoms with Crippen LogP contribution in [0.25, 0.3) is 0 Å². The van der Waals surface area contributed by atoms with Crippen LogP contribution in [-0.4, -0.2) is 47.6 Å². The number of amides is 2. The first kappa shape index (κ1) is 21.7. The van der Waals surface area contributed by atoms with Crippen molar-refractivity contribution in [1.82, 2.24) is 10.2 Å². The Bertz CT molecular complexity index is 706. The molecule has 0 aliphatic carbocycles. The van der Waals surface area contributed by atoms with Crippen molar-refractivity contribution < 1.29 is 19.4 Å². The van der Waals surface area contributed by atoms with Gasteiger partial charge in [0.2, 0.25) is 11.8 Å². The van der Waals surface area contributed by atoms with Gasteiger partial charge in [-0.05, 0) is 37.0 Å². The molecule has 0 bridgehead atoms. The Morgan fingerprint density at radius 1 is 1.39 bits per heavy atom. The van der Waals surface area contributed by atoms with Gasteiger partial charge in [-0.1, -0.05) is 24.3 Å². The molecule has 1 aliphatic heterocycles. The second-order valence-corrected chi connectivity index (χ2v) is 7.29. The SMILES string of the molecule is C=CCC(O)(CC=C)CNC(=O)[C@@H]1CCC(=O)N(Cc2cccc(OC)c2)C1. The zero-order chi connectivity index (χ0) is 20.6. The van der Waals surface area contributed by atoms with Crippen molar-refractivity contribution in [3.05, 3.63) is 55.1 Å². The fraction of sp³-hybridized carbons (Fsp3) is 0.455. The number of likely N-dealkylation sites (tertiary alicyclic amines) is 1. The van der Waals surface area contributed by atoms with E-state index < -0.39 is 5.60 Å². The van der Waals surface area contributed by atoms with E-state index in [0.717, 1.165) is 11.3 Å². The minimum Gasteiger partial charge on any atom is -0.497 e. The number of hydrogen-bond acceptors (Lipinski definition) is 4. The molecule has 1 atom stereocenters. The summed E-state index contributed by atoms with van der Waals surface area (Å²) in [5, 5.41) is 13.4. The van der Waals surface area contributed by atoms with E-state index in [-0.39, 0.29) is 24.3 Å². The van der Waals surface area contributed by atoms with Crippen molar-refractivity contribution in [1.29, 1.82) is 0 Å². The van der Waals surface area contributed by atoms with Crippen molar-refractivity contribution >= 4 is 11.8 Å². The Morgan fingerprint density at radius 3 is 2.75 bits per heavy atom. The normalized spacial score (nSPS) is 17.1. The molecule has 2 amide bonds. The van der Waals surface area contributed by atoms with E-state index in [9.17, 15) is 14.7 Å². The van der Waals surface area contributed by atoms with Gasteiger partial charge in [-0.3, -0.25) is 9.59 Å². The molecule has 0 spiro atoms. The molecule has 28 heavy (non-hydrogen) atoms. The van der Waals surface area contributed by atoms with Gasteiger partial charge >= 0.3 is 0 Å². The highest BCUT2D eigenvalue weighted by Gasteiger charge is 2.32. The number of benzene rings is 1. The van der Waals surface area contributed by atoms with Gasteiger partial charge in [-0.2, -0.15) is 0 Å². The van der Waals surface area contributed by atoms with Gasteiger partial charge in [0, 0.05) is 26.1 Å². The molecule has 2 rings (SSSR count). The molecule has 152 valence electrons. The number of nitrogens with zero attached hydrogens (tertiary/aromatic N) is 1. The molecule has 0 unspecified atom stereocenters. The van der Waals surface area contributed by atoms with Crippen LogP contribution in [0.4, 0.5) is 0 Å². The van der Waals surface area contributed by atoms with E-state index in [2.05, 4.69) is 18.5 Å². The van der Waals surface area contributed by atoms with Gasteiger partial charge in [0.25, 0.3) is 0 Å². The minimum atomic E-state index is -1.08. The number of ether oxygens (including phenoxy) is 1. The zero-order valence-corrected chi connectivity index (χ0v) is 16.5. The van der Waals surface area contributed by atoms with Crippen molar-refractivity contribution in [3.8, 4) is 5.75 Å². The maximum absolute atomic E-state index is 12.6. The van der Waals surface area contributed by atoms with Gasteiger partial charge in [0.1, 0.15) is 5.75 Å². The van der Waals surface area contributed by atoms with E-state index in [0.29, 0.717) is 38.8 Å². The lowest BCUT2D eigenvalue weighted by atomic mass is 9.93. The highest BCUT2D eigenvalue weighted by molar-refractivity contribution is 5.83. The molecular weight excluding hydrogens is 356 g/mol. The second-order valence-electron chi connectivity index (χ2n) is 7.29. The molecule has 6 nitrogen and oxygen atoms in total. The van der Waals surface area contributed by atoms with Crippen LogP contribution in [0.3, 0.4) is 0 Å². The highest BCUT2D eigenvalue weighted by atomic mass is 16.5. The number of carbonyl (C=O) groups is 2. The Hall–Kier alpha value is -2.60. The van der Waals surface area contributed by atoms with Crippen molar-refractivity contribution in [2.75, 3.05) is 20.2 Å². The average Bonchev–Trinajstić information content (AvgIpc) is 2.68. The predicted octanol–water partition coefficient (Wildman–Crippen LogP) is 2.43. The number of carbonyl (C=O) groups excluding carboxylic acids is 2. The lowest BCUT2D eigenvalue weighted by Gasteiger charge is -2.33. The predicted molar refractivity (Wildman–Crippen MR) is 109 cm³/mol. The molecule has 1 aromatic rings. The summed E-state index contributed by atoms with van der Waals surface area (Å²) in [6.07, 6.45) is 4.84. The van der Waals surface area contributed by atoms with Crippen LogP contribution in [-0.2, 0) is 16.1 Å².